The van der Waals surface area contributed by atoms with Crippen LogP contribution >= 0.6 is 0 Å². The molecule has 2 N–H and O–H groups in total. The van der Waals surface area contributed by atoms with E-state index in [2.05, 4.69) is 5.32 Å². The minimum absolute atomic E-state index is 0.0510. The van der Waals surface area contributed by atoms with E-state index < -0.39 is 11.5 Å². The van der Waals surface area contributed by atoms with Crippen LogP contribution in [0, 0.1) is 0 Å². The fraction of sp³-hybridized carbons (Fsp3) is 0.467. The molecule has 0 aromatic heterocycles. The van der Waals surface area contributed by atoms with Gasteiger partial charge in [0, 0.05) is 5.56 Å². The number of carboxylic acids is 1. The van der Waals surface area contributed by atoms with Crippen LogP contribution in [0.25, 0.3) is 0 Å². The number of amides is 1. The molecule has 1 saturated carbocycles. The Bertz CT molecular complexity index is 551. The van der Waals surface area contributed by atoms with Crippen molar-refractivity contribution >= 4 is 11.9 Å². The second-order valence-electron chi connectivity index (χ2n) is 5.14. The lowest BCUT2D eigenvalue weighted by molar-refractivity contribution is -0.151. The van der Waals surface area contributed by atoms with Gasteiger partial charge in [0.1, 0.15) is 17.0 Å². The number of carboxylic acid groups (broad SMARTS) is 1. The van der Waals surface area contributed by atoms with Crippen molar-refractivity contribution in [3.8, 4) is 11.5 Å². The van der Waals surface area contributed by atoms with Crippen LogP contribution in [0.3, 0.4) is 0 Å². The molecule has 114 valence electrons. The summed E-state index contributed by atoms with van der Waals surface area (Å²) in [7, 11) is 3.06. The van der Waals surface area contributed by atoms with E-state index in [4.69, 9.17) is 9.47 Å². The molecule has 1 fully saturated rings. The van der Waals surface area contributed by atoms with Gasteiger partial charge in [-0.15, -0.1) is 0 Å². The van der Waals surface area contributed by atoms with Crippen LogP contribution in [-0.4, -0.2) is 36.7 Å². The van der Waals surface area contributed by atoms with Crippen LogP contribution in [0.2, 0.25) is 0 Å². The number of nitrogens with one attached hydrogen (secondary N) is 1. The van der Waals surface area contributed by atoms with Gasteiger partial charge in [0.2, 0.25) is 5.91 Å². The Balaban J connectivity index is 2.10. The maximum absolute atomic E-state index is 12.1. The average Bonchev–Trinajstić information content (AvgIpc) is 2.42. The van der Waals surface area contributed by atoms with E-state index in [0.717, 1.165) is 6.42 Å². The van der Waals surface area contributed by atoms with E-state index >= 15 is 0 Å². The van der Waals surface area contributed by atoms with Gasteiger partial charge in [0.05, 0.1) is 20.6 Å². The molecular formula is C15H19NO5. The van der Waals surface area contributed by atoms with Crippen molar-refractivity contribution in [3.05, 3.63) is 23.8 Å². The Morgan fingerprint density at radius 3 is 2.48 bits per heavy atom. The van der Waals surface area contributed by atoms with E-state index in [1.165, 1.54) is 7.11 Å². The molecule has 0 bridgehead atoms. The lowest BCUT2D eigenvalue weighted by Gasteiger charge is -2.38. The monoisotopic (exact) mass is 293 g/mol. The number of ether oxygens (including phenoxy) is 2. The van der Waals surface area contributed by atoms with Crippen LogP contribution in [0.15, 0.2) is 18.2 Å². The zero-order valence-corrected chi connectivity index (χ0v) is 12.1. The Morgan fingerprint density at radius 1 is 1.29 bits per heavy atom. The largest absolute Gasteiger partial charge is 0.497 e. The summed E-state index contributed by atoms with van der Waals surface area (Å²) >= 11 is 0. The predicted molar refractivity (Wildman–Crippen MR) is 75.6 cm³/mol. The van der Waals surface area contributed by atoms with Gasteiger partial charge in [-0.05, 0) is 37.5 Å². The number of rotatable bonds is 6. The molecular weight excluding hydrogens is 274 g/mol. The highest BCUT2D eigenvalue weighted by atomic mass is 16.5. The summed E-state index contributed by atoms with van der Waals surface area (Å²) in [5.74, 6) is -0.109. The van der Waals surface area contributed by atoms with Crippen molar-refractivity contribution in [1.29, 1.82) is 0 Å². The first-order valence-corrected chi connectivity index (χ1v) is 6.76. The average molecular weight is 293 g/mol. The highest BCUT2D eigenvalue weighted by molar-refractivity contribution is 5.89. The molecule has 21 heavy (non-hydrogen) atoms. The molecule has 1 aromatic carbocycles. The van der Waals surface area contributed by atoms with Gasteiger partial charge in [-0.1, -0.05) is 0 Å². The van der Waals surface area contributed by atoms with Gasteiger partial charge in [-0.3, -0.25) is 4.79 Å². The molecule has 0 heterocycles. The molecule has 0 radical (unpaired) electrons. The SMILES string of the molecule is COc1ccc(OC)c(CC(=O)NC2(C(=O)O)CCC2)c1. The molecule has 1 aromatic rings. The van der Waals surface area contributed by atoms with Gasteiger partial charge in [-0.25, -0.2) is 4.79 Å². The zero-order chi connectivity index (χ0) is 15.5. The summed E-state index contributed by atoms with van der Waals surface area (Å²) in [5.41, 5.74) is -0.433. The first kappa shape index (κ1) is 15.2. The third-order valence-corrected chi connectivity index (χ3v) is 3.83. The summed E-state index contributed by atoms with van der Waals surface area (Å²) < 4.78 is 10.3. The topological polar surface area (TPSA) is 84.9 Å². The number of hydrogen-bond acceptors (Lipinski definition) is 4. The second kappa shape index (κ2) is 6.03. The molecule has 1 aliphatic carbocycles. The van der Waals surface area contributed by atoms with E-state index in [1.807, 2.05) is 0 Å². The third-order valence-electron chi connectivity index (χ3n) is 3.83. The molecule has 6 nitrogen and oxygen atoms in total. The summed E-state index contributed by atoms with van der Waals surface area (Å²) in [6.07, 6.45) is 1.82. The number of aliphatic carboxylic acids is 1. The van der Waals surface area contributed by atoms with E-state index in [9.17, 15) is 14.7 Å². The van der Waals surface area contributed by atoms with Crippen LogP contribution in [-0.2, 0) is 16.0 Å². The molecule has 1 amide bonds. The van der Waals surface area contributed by atoms with Crippen LogP contribution in [0.4, 0.5) is 0 Å². The molecule has 0 unspecified atom stereocenters. The van der Waals surface area contributed by atoms with Gasteiger partial charge < -0.3 is 19.9 Å². The molecule has 2 rings (SSSR count). The lowest BCUT2D eigenvalue weighted by Crippen LogP contribution is -2.59. The molecule has 0 spiro atoms. The fourth-order valence-electron chi connectivity index (χ4n) is 2.43. The Kier molecular flexibility index (Phi) is 4.35. The number of carbonyl (C=O) groups is 2. The van der Waals surface area contributed by atoms with E-state index in [1.54, 1.807) is 25.3 Å². The van der Waals surface area contributed by atoms with E-state index in [0.29, 0.717) is 29.9 Å². The van der Waals surface area contributed by atoms with Crippen LogP contribution < -0.4 is 14.8 Å². The van der Waals surface area contributed by atoms with Crippen molar-refractivity contribution in [2.45, 2.75) is 31.2 Å². The first-order chi connectivity index (χ1) is 10.0. The minimum atomic E-state index is -1.09. The number of hydrogen-bond donors (Lipinski definition) is 2. The van der Waals surface area contributed by atoms with Crippen molar-refractivity contribution in [3.63, 3.8) is 0 Å². The third kappa shape index (κ3) is 3.09. The number of carbonyl (C=O) groups excluding carboxylic acids is 1. The molecule has 0 aliphatic heterocycles. The zero-order valence-electron chi connectivity index (χ0n) is 12.1. The summed E-state index contributed by atoms with van der Waals surface area (Å²) in [6, 6.07) is 5.18. The molecule has 6 heteroatoms. The van der Waals surface area contributed by atoms with Crippen molar-refractivity contribution in [1.82, 2.24) is 5.32 Å². The highest BCUT2D eigenvalue weighted by Gasteiger charge is 2.45. The summed E-state index contributed by atoms with van der Waals surface area (Å²) in [4.78, 5) is 23.4. The molecule has 1 aliphatic rings. The van der Waals surface area contributed by atoms with Crippen molar-refractivity contribution < 1.29 is 24.2 Å². The standard InChI is InChI=1S/C15H19NO5/c1-20-11-4-5-12(21-2)10(8-11)9-13(17)16-15(14(18)19)6-3-7-15/h4-5,8H,3,6-7,9H2,1-2H3,(H,16,17)(H,18,19). The minimum Gasteiger partial charge on any atom is -0.497 e. The second-order valence-corrected chi connectivity index (χ2v) is 5.14. The van der Waals surface area contributed by atoms with Gasteiger partial charge in [-0.2, -0.15) is 0 Å². The predicted octanol–water partition coefficient (Wildman–Crippen LogP) is 1.37. The Labute approximate surface area is 123 Å². The van der Waals surface area contributed by atoms with Gasteiger partial charge in [0.25, 0.3) is 0 Å². The molecule has 0 saturated heterocycles. The fourth-order valence-corrected chi connectivity index (χ4v) is 2.43. The van der Waals surface area contributed by atoms with Crippen LogP contribution in [0.5, 0.6) is 11.5 Å². The summed E-state index contributed by atoms with van der Waals surface area (Å²) in [6.45, 7) is 0. The smallest absolute Gasteiger partial charge is 0.329 e. The Hall–Kier alpha value is -2.24. The number of benzene rings is 1. The lowest BCUT2D eigenvalue weighted by atomic mass is 9.76. The van der Waals surface area contributed by atoms with Crippen LogP contribution in [0.1, 0.15) is 24.8 Å². The molecule has 0 atom stereocenters. The van der Waals surface area contributed by atoms with Gasteiger partial charge >= 0.3 is 5.97 Å². The van der Waals surface area contributed by atoms with Crippen molar-refractivity contribution in [2.24, 2.45) is 0 Å². The van der Waals surface area contributed by atoms with E-state index in [-0.39, 0.29) is 12.3 Å². The summed E-state index contributed by atoms with van der Waals surface area (Å²) in [5, 5.41) is 11.9. The normalized spacial score (nSPS) is 15.7. The first-order valence-electron chi connectivity index (χ1n) is 6.76. The van der Waals surface area contributed by atoms with Gasteiger partial charge in [0.15, 0.2) is 0 Å². The highest BCUT2D eigenvalue weighted by Crippen LogP contribution is 2.32. The maximum Gasteiger partial charge on any atom is 0.329 e. The Morgan fingerprint density at radius 2 is 2.00 bits per heavy atom. The van der Waals surface area contributed by atoms with Crippen molar-refractivity contribution in [2.75, 3.05) is 14.2 Å². The maximum atomic E-state index is 12.1. The quantitative estimate of drug-likeness (QED) is 0.827. The number of methoxy groups -OCH3 is 2.